The van der Waals surface area contributed by atoms with Crippen molar-refractivity contribution in [3.8, 4) is 0 Å². The number of esters is 1. The smallest absolute Gasteiger partial charge is 0.329 e. The number of rotatable bonds is 7. The molecule has 0 heterocycles. The Kier molecular flexibility index (Phi) is 7.16. The van der Waals surface area contributed by atoms with Gasteiger partial charge in [0, 0.05) is 0 Å². The molecular formula is C16H22FN3O4. The summed E-state index contributed by atoms with van der Waals surface area (Å²) in [5.74, 6) is -1.94. The molecule has 0 saturated heterocycles. The summed E-state index contributed by atoms with van der Waals surface area (Å²) in [5.41, 5.74) is 5.72. The van der Waals surface area contributed by atoms with Crippen LogP contribution in [0.1, 0.15) is 25.8 Å². The molecule has 0 radical (unpaired) electrons. The molecule has 4 N–H and O–H groups in total. The molecule has 0 unspecified atom stereocenters. The van der Waals surface area contributed by atoms with Crippen molar-refractivity contribution >= 4 is 23.6 Å². The predicted molar refractivity (Wildman–Crippen MR) is 86.7 cm³/mol. The fraction of sp³-hybridized carbons (Fsp3) is 0.438. The van der Waals surface area contributed by atoms with Crippen LogP contribution in [0.4, 0.5) is 14.9 Å². The van der Waals surface area contributed by atoms with Gasteiger partial charge in [0.15, 0.2) is 6.61 Å². The maximum absolute atomic E-state index is 13.6. The van der Waals surface area contributed by atoms with Crippen molar-refractivity contribution in [1.29, 1.82) is 0 Å². The average molecular weight is 339 g/mol. The highest BCUT2D eigenvalue weighted by molar-refractivity contribution is 5.93. The summed E-state index contributed by atoms with van der Waals surface area (Å²) in [6, 6.07) is 2.54. The Bertz CT molecular complexity index is 619. The lowest BCUT2D eigenvalue weighted by Gasteiger charge is -2.18. The summed E-state index contributed by atoms with van der Waals surface area (Å²) in [4.78, 5) is 34.6. The largest absolute Gasteiger partial charge is 0.454 e. The van der Waals surface area contributed by atoms with Crippen LogP contribution in [0.3, 0.4) is 0 Å². The lowest BCUT2D eigenvalue weighted by Crippen LogP contribution is -2.45. The zero-order valence-electron chi connectivity index (χ0n) is 13.9. The first-order valence-corrected chi connectivity index (χ1v) is 7.47. The van der Waals surface area contributed by atoms with Gasteiger partial charge in [0.05, 0.1) is 5.69 Å². The number of carbonyl (C=O) groups excluding carboxylic acids is 3. The molecule has 0 spiro atoms. The third-order valence-electron chi connectivity index (χ3n) is 3.05. The van der Waals surface area contributed by atoms with Crippen LogP contribution in [-0.4, -0.2) is 30.6 Å². The minimum Gasteiger partial charge on any atom is -0.454 e. The Morgan fingerprint density at radius 1 is 1.29 bits per heavy atom. The number of aryl methyl sites for hydroxylation is 1. The molecule has 24 heavy (non-hydrogen) atoms. The molecule has 0 saturated carbocycles. The minimum atomic E-state index is -0.939. The molecule has 132 valence electrons. The number of hydrogen-bond donors (Lipinski definition) is 3. The van der Waals surface area contributed by atoms with Crippen molar-refractivity contribution < 1.29 is 23.5 Å². The number of primary amides is 1. The summed E-state index contributed by atoms with van der Waals surface area (Å²) in [6.45, 7) is 4.84. The van der Waals surface area contributed by atoms with Gasteiger partial charge in [-0.2, -0.15) is 0 Å². The number of nitrogens with two attached hydrogens (primary N) is 1. The Hall–Kier alpha value is -2.64. The number of anilines is 1. The maximum Gasteiger partial charge on any atom is 0.329 e. The number of halogens is 1. The molecule has 3 amide bonds. The molecule has 1 atom stereocenters. The quantitative estimate of drug-likeness (QED) is 0.657. The van der Waals surface area contributed by atoms with Crippen molar-refractivity contribution in [2.24, 2.45) is 11.7 Å². The van der Waals surface area contributed by atoms with Crippen LogP contribution in [0, 0.1) is 18.7 Å². The number of amides is 3. The molecule has 0 bridgehead atoms. The molecule has 0 aliphatic rings. The third-order valence-corrected chi connectivity index (χ3v) is 3.05. The molecule has 8 heteroatoms. The lowest BCUT2D eigenvalue weighted by molar-refractivity contribution is -0.149. The van der Waals surface area contributed by atoms with E-state index in [2.05, 4.69) is 10.6 Å². The second-order valence-corrected chi connectivity index (χ2v) is 5.83. The molecular weight excluding hydrogens is 317 g/mol. The number of carbonyl (C=O) groups is 3. The Labute approximate surface area is 139 Å². The van der Waals surface area contributed by atoms with Crippen LogP contribution in [0.5, 0.6) is 0 Å². The first kappa shape index (κ1) is 19.4. The summed E-state index contributed by atoms with van der Waals surface area (Å²) in [5, 5.41) is 4.58. The van der Waals surface area contributed by atoms with Crippen molar-refractivity contribution in [1.82, 2.24) is 5.32 Å². The number of ether oxygens (including phenoxy) is 1. The molecule has 1 rings (SSSR count). The van der Waals surface area contributed by atoms with Gasteiger partial charge < -0.3 is 21.1 Å². The fourth-order valence-electron chi connectivity index (χ4n) is 2.00. The minimum absolute atomic E-state index is 0.00404. The fourth-order valence-corrected chi connectivity index (χ4v) is 2.00. The Morgan fingerprint density at radius 3 is 2.50 bits per heavy atom. The van der Waals surface area contributed by atoms with Crippen LogP contribution in [0.15, 0.2) is 18.2 Å². The van der Waals surface area contributed by atoms with E-state index in [1.165, 1.54) is 12.1 Å². The standard InChI is InChI=1S/C16H22FN3O4/c1-9(2)6-13(20-16(18)23)15(22)24-8-14(21)19-12-5-4-10(3)7-11(12)17/h4-5,7,9,13H,6,8H2,1-3H3,(H,19,21)(H3,18,20,23)/t13-/m0/s1. The topological polar surface area (TPSA) is 111 Å². The van der Waals surface area contributed by atoms with Gasteiger partial charge in [-0.3, -0.25) is 4.79 Å². The van der Waals surface area contributed by atoms with E-state index in [1.807, 2.05) is 13.8 Å². The summed E-state index contributed by atoms with van der Waals surface area (Å²) in [6.07, 6.45) is 0.315. The monoisotopic (exact) mass is 339 g/mol. The number of hydrogen-bond acceptors (Lipinski definition) is 4. The van der Waals surface area contributed by atoms with E-state index in [9.17, 15) is 18.8 Å². The van der Waals surface area contributed by atoms with Crippen molar-refractivity contribution in [3.05, 3.63) is 29.6 Å². The van der Waals surface area contributed by atoms with Gasteiger partial charge in [-0.25, -0.2) is 14.0 Å². The first-order valence-electron chi connectivity index (χ1n) is 7.47. The van der Waals surface area contributed by atoms with E-state index >= 15 is 0 Å². The van der Waals surface area contributed by atoms with E-state index in [0.717, 1.165) is 0 Å². The normalized spacial score (nSPS) is 11.7. The Balaban J connectivity index is 2.57. The summed E-state index contributed by atoms with van der Waals surface area (Å²) in [7, 11) is 0. The zero-order valence-corrected chi connectivity index (χ0v) is 13.9. The Morgan fingerprint density at radius 2 is 1.96 bits per heavy atom. The van der Waals surface area contributed by atoms with Gasteiger partial charge >= 0.3 is 12.0 Å². The van der Waals surface area contributed by atoms with E-state index in [4.69, 9.17) is 10.5 Å². The van der Waals surface area contributed by atoms with Crippen LogP contribution in [0.25, 0.3) is 0 Å². The number of urea groups is 1. The van der Waals surface area contributed by atoms with Crippen molar-refractivity contribution in [2.75, 3.05) is 11.9 Å². The molecule has 7 nitrogen and oxygen atoms in total. The molecule has 1 aromatic carbocycles. The summed E-state index contributed by atoms with van der Waals surface area (Å²) >= 11 is 0. The van der Waals surface area contributed by atoms with Gasteiger partial charge in [-0.15, -0.1) is 0 Å². The highest BCUT2D eigenvalue weighted by Gasteiger charge is 2.23. The summed E-state index contributed by atoms with van der Waals surface area (Å²) < 4.78 is 18.5. The molecule has 0 fully saturated rings. The van der Waals surface area contributed by atoms with Gasteiger partial charge in [0.1, 0.15) is 11.9 Å². The average Bonchev–Trinajstić information content (AvgIpc) is 2.46. The van der Waals surface area contributed by atoms with Crippen LogP contribution in [0.2, 0.25) is 0 Å². The second-order valence-electron chi connectivity index (χ2n) is 5.83. The molecule has 0 aromatic heterocycles. The van der Waals surface area contributed by atoms with E-state index < -0.39 is 36.4 Å². The second kappa shape index (κ2) is 8.85. The van der Waals surface area contributed by atoms with E-state index in [0.29, 0.717) is 12.0 Å². The predicted octanol–water partition coefficient (Wildman–Crippen LogP) is 1.70. The number of benzene rings is 1. The van der Waals surface area contributed by atoms with Crippen LogP contribution < -0.4 is 16.4 Å². The highest BCUT2D eigenvalue weighted by Crippen LogP contribution is 2.15. The van der Waals surface area contributed by atoms with Crippen molar-refractivity contribution in [3.63, 3.8) is 0 Å². The van der Waals surface area contributed by atoms with E-state index in [1.54, 1.807) is 13.0 Å². The van der Waals surface area contributed by atoms with Crippen LogP contribution in [-0.2, 0) is 14.3 Å². The van der Waals surface area contributed by atoms with Crippen LogP contribution >= 0.6 is 0 Å². The maximum atomic E-state index is 13.6. The van der Waals surface area contributed by atoms with Gasteiger partial charge in [0.2, 0.25) is 0 Å². The van der Waals surface area contributed by atoms with Gasteiger partial charge in [-0.1, -0.05) is 19.9 Å². The zero-order chi connectivity index (χ0) is 18.3. The first-order chi connectivity index (χ1) is 11.2. The third kappa shape index (κ3) is 6.64. The van der Waals surface area contributed by atoms with Gasteiger partial charge in [0.25, 0.3) is 5.91 Å². The lowest BCUT2D eigenvalue weighted by atomic mass is 10.0. The van der Waals surface area contributed by atoms with Crippen molar-refractivity contribution in [2.45, 2.75) is 33.2 Å². The molecule has 0 aliphatic heterocycles. The van der Waals surface area contributed by atoms with E-state index in [-0.39, 0.29) is 11.6 Å². The molecule has 1 aromatic rings. The SMILES string of the molecule is Cc1ccc(NC(=O)COC(=O)[C@H](CC(C)C)NC(N)=O)c(F)c1. The number of nitrogens with one attached hydrogen (secondary N) is 2. The highest BCUT2D eigenvalue weighted by atomic mass is 19.1. The molecule has 0 aliphatic carbocycles. The van der Waals surface area contributed by atoms with Gasteiger partial charge in [-0.05, 0) is 37.0 Å².